The Morgan fingerprint density at radius 3 is 2.29 bits per heavy atom. The van der Waals surface area contributed by atoms with E-state index >= 15 is 0 Å². The lowest BCUT2D eigenvalue weighted by Gasteiger charge is -2.20. The third-order valence-electron chi connectivity index (χ3n) is 5.31. The highest BCUT2D eigenvalue weighted by Crippen LogP contribution is 2.27. The van der Waals surface area contributed by atoms with Crippen LogP contribution in [0.25, 0.3) is 11.3 Å². The molecule has 0 radical (unpaired) electrons. The van der Waals surface area contributed by atoms with E-state index in [4.69, 9.17) is 4.52 Å². The Morgan fingerprint density at radius 2 is 1.68 bits per heavy atom. The van der Waals surface area contributed by atoms with Crippen LogP contribution in [0.2, 0.25) is 0 Å². The molecule has 7 nitrogen and oxygen atoms in total. The first-order valence-electron chi connectivity index (χ1n) is 10.1. The van der Waals surface area contributed by atoms with Crippen molar-refractivity contribution in [3.63, 3.8) is 0 Å². The molecule has 1 aromatic heterocycles. The van der Waals surface area contributed by atoms with Gasteiger partial charge in [0.1, 0.15) is 5.69 Å². The number of nitrogens with zero attached hydrogens (tertiary/aromatic N) is 2. The van der Waals surface area contributed by atoms with Gasteiger partial charge in [-0.3, -0.25) is 4.79 Å². The molecule has 0 aliphatic heterocycles. The Hall–Kier alpha value is -2.97. The summed E-state index contributed by atoms with van der Waals surface area (Å²) in [6, 6.07) is 12.4. The summed E-state index contributed by atoms with van der Waals surface area (Å²) in [6.07, 6.45) is 0. The van der Waals surface area contributed by atoms with E-state index in [-0.39, 0.29) is 10.7 Å². The number of aryl methyl sites for hydroxylation is 2. The molecule has 164 valence electrons. The third kappa shape index (κ3) is 4.70. The minimum absolute atomic E-state index is 0.0460. The van der Waals surface area contributed by atoms with Crippen molar-refractivity contribution in [2.24, 2.45) is 0 Å². The first kappa shape index (κ1) is 22.7. The predicted octanol–water partition coefficient (Wildman–Crippen LogP) is 4.55. The minimum atomic E-state index is -3.65. The Labute approximate surface area is 183 Å². The van der Waals surface area contributed by atoms with E-state index in [1.54, 1.807) is 26.0 Å². The van der Waals surface area contributed by atoms with Gasteiger partial charge in [-0.1, -0.05) is 48.8 Å². The van der Waals surface area contributed by atoms with Crippen molar-refractivity contribution >= 4 is 21.6 Å². The summed E-state index contributed by atoms with van der Waals surface area (Å²) in [7, 11) is -3.65. The Kier molecular flexibility index (Phi) is 6.62. The average molecular weight is 442 g/mol. The highest BCUT2D eigenvalue weighted by Gasteiger charge is 2.24. The van der Waals surface area contributed by atoms with E-state index in [0.29, 0.717) is 24.5 Å². The summed E-state index contributed by atoms with van der Waals surface area (Å²) in [6.45, 7) is 9.96. The summed E-state index contributed by atoms with van der Waals surface area (Å²) in [5.74, 6) is -0.449. The first-order valence-corrected chi connectivity index (χ1v) is 11.6. The van der Waals surface area contributed by atoms with Gasteiger partial charge in [-0.15, -0.1) is 0 Å². The standard InChI is InChI=1S/C23H27N3O4S/c1-6-26(7-2)31(28,29)19-12-16(4)17(5)20(13-19)24-23(27)22-14-21(25-30-22)18-10-8-15(3)9-11-18/h8-14H,6-7H2,1-5H3,(H,24,27). The predicted molar refractivity (Wildman–Crippen MR) is 121 cm³/mol. The van der Waals surface area contributed by atoms with E-state index in [0.717, 1.165) is 22.3 Å². The molecule has 1 N–H and O–H groups in total. The summed E-state index contributed by atoms with van der Waals surface area (Å²) in [5.41, 5.74) is 4.48. The van der Waals surface area contributed by atoms with Gasteiger partial charge in [-0.2, -0.15) is 4.31 Å². The number of sulfonamides is 1. The number of carbonyl (C=O) groups is 1. The lowest BCUT2D eigenvalue weighted by molar-refractivity contribution is 0.0988. The van der Waals surface area contributed by atoms with Crippen LogP contribution in [0.4, 0.5) is 5.69 Å². The van der Waals surface area contributed by atoms with Crippen LogP contribution >= 0.6 is 0 Å². The second-order valence-electron chi connectivity index (χ2n) is 7.40. The number of rotatable bonds is 7. The molecule has 0 unspecified atom stereocenters. The van der Waals surface area contributed by atoms with Crippen LogP contribution in [0.5, 0.6) is 0 Å². The minimum Gasteiger partial charge on any atom is -0.350 e. The van der Waals surface area contributed by atoms with Crippen molar-refractivity contribution < 1.29 is 17.7 Å². The maximum absolute atomic E-state index is 12.9. The number of hydrogen-bond donors (Lipinski definition) is 1. The van der Waals surface area contributed by atoms with Crippen molar-refractivity contribution in [1.82, 2.24) is 9.46 Å². The number of anilines is 1. The van der Waals surface area contributed by atoms with Gasteiger partial charge in [0.15, 0.2) is 0 Å². The molecule has 0 spiro atoms. The smallest absolute Gasteiger partial charge is 0.294 e. The lowest BCUT2D eigenvalue weighted by Crippen LogP contribution is -2.30. The highest BCUT2D eigenvalue weighted by atomic mass is 32.2. The average Bonchev–Trinajstić information content (AvgIpc) is 3.22. The van der Waals surface area contributed by atoms with Crippen molar-refractivity contribution in [1.29, 1.82) is 0 Å². The zero-order valence-electron chi connectivity index (χ0n) is 18.4. The molecule has 2 aromatic carbocycles. The van der Waals surface area contributed by atoms with Gasteiger partial charge in [-0.25, -0.2) is 8.42 Å². The maximum atomic E-state index is 12.9. The topological polar surface area (TPSA) is 92.5 Å². The summed E-state index contributed by atoms with van der Waals surface area (Å²) >= 11 is 0. The van der Waals surface area contributed by atoms with Crippen LogP contribution in [0, 0.1) is 20.8 Å². The van der Waals surface area contributed by atoms with Crippen LogP contribution < -0.4 is 5.32 Å². The molecule has 0 aliphatic carbocycles. The molecule has 0 atom stereocenters. The molecule has 1 amide bonds. The maximum Gasteiger partial charge on any atom is 0.294 e. The molecular formula is C23H27N3O4S. The number of aromatic nitrogens is 1. The summed E-state index contributed by atoms with van der Waals surface area (Å²) in [5, 5.41) is 6.76. The summed E-state index contributed by atoms with van der Waals surface area (Å²) < 4.78 is 32.5. The largest absolute Gasteiger partial charge is 0.350 e. The molecule has 0 saturated carbocycles. The van der Waals surface area contributed by atoms with Crippen LogP contribution in [0.3, 0.4) is 0 Å². The van der Waals surface area contributed by atoms with E-state index in [2.05, 4.69) is 10.5 Å². The fraction of sp³-hybridized carbons (Fsp3) is 0.304. The van der Waals surface area contributed by atoms with E-state index in [9.17, 15) is 13.2 Å². The molecule has 8 heteroatoms. The Morgan fingerprint density at radius 1 is 1.03 bits per heavy atom. The molecular weight excluding hydrogens is 414 g/mol. The molecule has 3 rings (SSSR count). The van der Waals surface area contributed by atoms with E-state index in [1.165, 1.54) is 10.4 Å². The Balaban J connectivity index is 1.90. The van der Waals surface area contributed by atoms with E-state index < -0.39 is 15.9 Å². The Bertz CT molecular complexity index is 1190. The summed E-state index contributed by atoms with van der Waals surface area (Å²) in [4.78, 5) is 12.9. The second-order valence-corrected chi connectivity index (χ2v) is 9.34. The molecule has 1 heterocycles. The normalized spacial score (nSPS) is 11.7. The molecule has 31 heavy (non-hydrogen) atoms. The van der Waals surface area contributed by atoms with Crippen molar-refractivity contribution in [2.75, 3.05) is 18.4 Å². The van der Waals surface area contributed by atoms with Crippen LogP contribution in [0.15, 0.2) is 51.9 Å². The third-order valence-corrected chi connectivity index (χ3v) is 7.34. The number of amides is 1. The fourth-order valence-corrected chi connectivity index (χ4v) is 4.81. The van der Waals surface area contributed by atoms with Gasteiger partial charge < -0.3 is 9.84 Å². The van der Waals surface area contributed by atoms with Crippen molar-refractivity contribution in [3.8, 4) is 11.3 Å². The number of carbonyl (C=O) groups excluding carboxylic acids is 1. The van der Waals surface area contributed by atoms with Crippen molar-refractivity contribution in [3.05, 3.63) is 64.9 Å². The van der Waals surface area contributed by atoms with Gasteiger partial charge in [-0.05, 0) is 44.0 Å². The van der Waals surface area contributed by atoms with Gasteiger partial charge in [0, 0.05) is 30.4 Å². The van der Waals surface area contributed by atoms with Crippen LogP contribution in [-0.2, 0) is 10.0 Å². The quantitative estimate of drug-likeness (QED) is 0.581. The highest BCUT2D eigenvalue weighted by molar-refractivity contribution is 7.89. The molecule has 0 bridgehead atoms. The van der Waals surface area contributed by atoms with Gasteiger partial charge >= 0.3 is 0 Å². The number of benzene rings is 2. The molecule has 3 aromatic rings. The van der Waals surface area contributed by atoms with Crippen LogP contribution in [-0.4, -0.2) is 36.9 Å². The van der Waals surface area contributed by atoms with Crippen LogP contribution in [0.1, 0.15) is 41.1 Å². The number of hydrogen-bond acceptors (Lipinski definition) is 5. The first-order chi connectivity index (χ1) is 14.7. The molecule has 0 aliphatic rings. The fourth-order valence-electron chi connectivity index (χ4n) is 3.24. The monoisotopic (exact) mass is 441 g/mol. The molecule has 0 saturated heterocycles. The van der Waals surface area contributed by atoms with Gasteiger partial charge in [0.05, 0.1) is 4.90 Å². The van der Waals surface area contributed by atoms with E-state index in [1.807, 2.05) is 45.0 Å². The second kappa shape index (κ2) is 9.03. The SMILES string of the molecule is CCN(CC)S(=O)(=O)c1cc(C)c(C)c(NC(=O)c2cc(-c3ccc(C)cc3)no2)c1. The zero-order chi connectivity index (χ0) is 22.8. The number of nitrogens with one attached hydrogen (secondary N) is 1. The molecule has 0 fully saturated rings. The van der Waals surface area contributed by atoms with Crippen molar-refractivity contribution in [2.45, 2.75) is 39.5 Å². The van der Waals surface area contributed by atoms with Gasteiger partial charge in [0.2, 0.25) is 15.8 Å². The lowest BCUT2D eigenvalue weighted by atomic mass is 10.1. The zero-order valence-corrected chi connectivity index (χ0v) is 19.2. The van der Waals surface area contributed by atoms with Gasteiger partial charge in [0.25, 0.3) is 5.91 Å².